The van der Waals surface area contributed by atoms with Gasteiger partial charge in [0, 0.05) is 5.56 Å². The Kier molecular flexibility index (Phi) is 2.31. The van der Waals surface area contributed by atoms with Crippen molar-refractivity contribution in [2.45, 2.75) is 12.9 Å². The second-order valence-corrected chi connectivity index (χ2v) is 3.61. The van der Waals surface area contributed by atoms with E-state index in [1.807, 2.05) is 0 Å². The van der Waals surface area contributed by atoms with Crippen molar-refractivity contribution in [2.75, 3.05) is 0 Å². The second kappa shape index (κ2) is 3.28. The number of hydrogen-bond donors (Lipinski definition) is 1. The first kappa shape index (κ1) is 10.6. The highest BCUT2D eigenvalue weighted by molar-refractivity contribution is 9.10. The van der Waals surface area contributed by atoms with Crippen molar-refractivity contribution in [3.63, 3.8) is 0 Å². The van der Waals surface area contributed by atoms with Crippen LogP contribution in [0.3, 0.4) is 0 Å². The van der Waals surface area contributed by atoms with Gasteiger partial charge >= 0.3 is 6.29 Å². The quantitative estimate of drug-likeness (QED) is 0.861. The zero-order valence-electron chi connectivity index (χ0n) is 7.06. The summed E-state index contributed by atoms with van der Waals surface area (Å²) in [5.74, 6) is -1.60. The highest BCUT2D eigenvalue weighted by Gasteiger charge is 2.46. The van der Waals surface area contributed by atoms with Crippen molar-refractivity contribution >= 4 is 15.9 Å². The summed E-state index contributed by atoms with van der Waals surface area (Å²) in [5, 5.41) is 8.82. The molecule has 0 amide bonds. The number of rotatable bonds is 1. The maximum absolute atomic E-state index is 13.1. The van der Waals surface area contributed by atoms with E-state index in [4.69, 9.17) is 5.11 Å². The fourth-order valence-corrected chi connectivity index (χ4v) is 1.59. The zero-order chi connectivity index (χ0) is 11.2. The lowest BCUT2D eigenvalue weighted by molar-refractivity contribution is -0.287. The van der Waals surface area contributed by atoms with Crippen molar-refractivity contribution in [1.82, 2.24) is 0 Å². The van der Waals surface area contributed by atoms with Crippen molar-refractivity contribution < 1.29 is 27.8 Å². The lowest BCUT2D eigenvalue weighted by Gasteiger charge is -2.05. The molecule has 2 rings (SSSR count). The standard InChI is InChI=1S/C8H4BrF3O3/c9-5-4(10)1-3(2-13)6-7(5)15-8(11,12)14-6/h1,13H,2H2. The summed E-state index contributed by atoms with van der Waals surface area (Å²) >= 11 is 2.75. The van der Waals surface area contributed by atoms with E-state index < -0.39 is 24.5 Å². The number of alkyl halides is 2. The molecule has 0 saturated heterocycles. The van der Waals surface area contributed by atoms with Gasteiger partial charge in [-0.1, -0.05) is 0 Å². The molecule has 0 fully saturated rings. The van der Waals surface area contributed by atoms with Crippen LogP contribution in [0.25, 0.3) is 0 Å². The third kappa shape index (κ3) is 1.65. The third-order valence-corrected chi connectivity index (χ3v) is 2.56. The van der Waals surface area contributed by atoms with E-state index in [1.165, 1.54) is 0 Å². The number of ether oxygens (including phenoxy) is 2. The molecule has 1 N–H and O–H groups in total. The Bertz CT molecular complexity index is 422. The molecule has 15 heavy (non-hydrogen) atoms. The van der Waals surface area contributed by atoms with Gasteiger partial charge in [0.2, 0.25) is 0 Å². The maximum atomic E-state index is 13.1. The lowest BCUT2D eigenvalue weighted by atomic mass is 10.2. The topological polar surface area (TPSA) is 38.7 Å². The molecule has 0 bridgehead atoms. The van der Waals surface area contributed by atoms with Gasteiger partial charge in [-0.05, 0) is 22.0 Å². The van der Waals surface area contributed by atoms with Gasteiger partial charge in [0.25, 0.3) is 0 Å². The van der Waals surface area contributed by atoms with Crippen LogP contribution in [-0.2, 0) is 6.61 Å². The number of hydrogen-bond acceptors (Lipinski definition) is 3. The largest absolute Gasteiger partial charge is 0.586 e. The fourth-order valence-electron chi connectivity index (χ4n) is 1.21. The molecule has 0 aromatic heterocycles. The molecule has 0 atom stereocenters. The summed E-state index contributed by atoms with van der Waals surface area (Å²) in [6, 6.07) is 0.897. The lowest BCUT2D eigenvalue weighted by Crippen LogP contribution is -2.26. The summed E-state index contributed by atoms with van der Waals surface area (Å²) in [7, 11) is 0. The first-order chi connectivity index (χ1) is 6.94. The predicted octanol–water partition coefficient (Wildman–Crippen LogP) is 2.40. The van der Waals surface area contributed by atoms with Crippen molar-refractivity contribution in [3.8, 4) is 11.5 Å². The summed E-state index contributed by atoms with van der Waals surface area (Å²) in [6.07, 6.45) is -3.83. The second-order valence-electron chi connectivity index (χ2n) is 2.82. The Morgan fingerprint density at radius 3 is 2.53 bits per heavy atom. The zero-order valence-corrected chi connectivity index (χ0v) is 8.65. The van der Waals surface area contributed by atoms with Gasteiger partial charge in [0.15, 0.2) is 11.5 Å². The Hall–Kier alpha value is -0.950. The maximum Gasteiger partial charge on any atom is 0.586 e. The van der Waals surface area contributed by atoms with Crippen LogP contribution in [0, 0.1) is 5.82 Å². The molecule has 1 aliphatic heterocycles. The summed E-state index contributed by atoms with van der Waals surface area (Å²) < 4.78 is 46.5. The number of aliphatic hydroxyl groups excluding tert-OH is 1. The number of halogens is 4. The van der Waals surface area contributed by atoms with Gasteiger partial charge in [-0.25, -0.2) is 4.39 Å². The van der Waals surface area contributed by atoms with Gasteiger partial charge in [0.05, 0.1) is 11.1 Å². The smallest absolute Gasteiger partial charge is 0.395 e. The van der Waals surface area contributed by atoms with E-state index in [0.29, 0.717) is 0 Å². The summed E-state index contributed by atoms with van der Waals surface area (Å²) in [4.78, 5) is 0. The average molecular weight is 285 g/mol. The molecule has 7 heteroatoms. The molecule has 1 aliphatic rings. The van der Waals surface area contributed by atoms with Crippen LogP contribution in [-0.4, -0.2) is 11.4 Å². The van der Waals surface area contributed by atoms with Gasteiger partial charge in [-0.15, -0.1) is 8.78 Å². The first-order valence-electron chi connectivity index (χ1n) is 3.82. The van der Waals surface area contributed by atoms with Gasteiger partial charge in [0.1, 0.15) is 5.82 Å². The Labute approximate surface area is 90.5 Å². The Morgan fingerprint density at radius 1 is 1.33 bits per heavy atom. The van der Waals surface area contributed by atoms with Crippen molar-refractivity contribution in [2.24, 2.45) is 0 Å². The van der Waals surface area contributed by atoms with Crippen LogP contribution in [0.2, 0.25) is 0 Å². The molecule has 1 aromatic carbocycles. The average Bonchev–Trinajstić information content (AvgIpc) is 2.48. The number of fused-ring (bicyclic) bond motifs is 1. The molecule has 0 radical (unpaired) electrons. The van der Waals surface area contributed by atoms with E-state index in [2.05, 4.69) is 25.4 Å². The molecule has 1 heterocycles. The van der Waals surface area contributed by atoms with Crippen LogP contribution in [0.15, 0.2) is 10.5 Å². The number of aliphatic hydroxyl groups is 1. The van der Waals surface area contributed by atoms with E-state index in [9.17, 15) is 13.2 Å². The van der Waals surface area contributed by atoms with E-state index in [0.717, 1.165) is 6.07 Å². The third-order valence-electron chi connectivity index (χ3n) is 1.82. The highest BCUT2D eigenvalue weighted by atomic mass is 79.9. The van der Waals surface area contributed by atoms with Gasteiger partial charge in [-0.3, -0.25) is 0 Å². The summed E-state index contributed by atoms with van der Waals surface area (Å²) in [6.45, 7) is -0.619. The van der Waals surface area contributed by atoms with Crippen LogP contribution >= 0.6 is 15.9 Å². The summed E-state index contributed by atoms with van der Waals surface area (Å²) in [5.41, 5.74) is -0.0946. The fraction of sp³-hybridized carbons (Fsp3) is 0.250. The van der Waals surface area contributed by atoms with Crippen molar-refractivity contribution in [1.29, 1.82) is 0 Å². The van der Waals surface area contributed by atoms with E-state index >= 15 is 0 Å². The molecule has 82 valence electrons. The van der Waals surface area contributed by atoms with Crippen LogP contribution < -0.4 is 9.47 Å². The molecule has 0 aliphatic carbocycles. The molecule has 0 unspecified atom stereocenters. The minimum absolute atomic E-state index is 0.0946. The van der Waals surface area contributed by atoms with Gasteiger partial charge < -0.3 is 14.6 Å². The van der Waals surface area contributed by atoms with Crippen LogP contribution in [0.4, 0.5) is 13.2 Å². The first-order valence-corrected chi connectivity index (χ1v) is 4.61. The van der Waals surface area contributed by atoms with Gasteiger partial charge in [-0.2, -0.15) is 0 Å². The molecule has 0 saturated carbocycles. The highest BCUT2D eigenvalue weighted by Crippen LogP contribution is 2.48. The predicted molar refractivity (Wildman–Crippen MR) is 46.2 cm³/mol. The van der Waals surface area contributed by atoms with Crippen molar-refractivity contribution in [3.05, 3.63) is 21.9 Å². The van der Waals surface area contributed by atoms with E-state index in [-0.39, 0.29) is 15.8 Å². The molecule has 0 spiro atoms. The Balaban J connectivity index is 2.60. The molecule has 3 nitrogen and oxygen atoms in total. The molecule has 1 aromatic rings. The monoisotopic (exact) mass is 284 g/mol. The normalized spacial score (nSPS) is 16.9. The Morgan fingerprint density at radius 2 is 1.93 bits per heavy atom. The molecular weight excluding hydrogens is 281 g/mol. The SMILES string of the molecule is OCc1cc(F)c(Br)c2c1OC(F)(F)O2. The van der Waals surface area contributed by atoms with Crippen LogP contribution in [0.5, 0.6) is 11.5 Å². The molecular formula is C8H4BrF3O3. The van der Waals surface area contributed by atoms with Crippen LogP contribution in [0.1, 0.15) is 5.56 Å². The minimum Gasteiger partial charge on any atom is -0.395 e. The minimum atomic E-state index is -3.83. The van der Waals surface area contributed by atoms with E-state index in [1.54, 1.807) is 0 Å². The number of benzene rings is 1.